The van der Waals surface area contributed by atoms with E-state index in [2.05, 4.69) is 11.9 Å². The summed E-state index contributed by atoms with van der Waals surface area (Å²) in [6.07, 6.45) is 1.14. The zero-order valence-corrected chi connectivity index (χ0v) is 12.2. The molecule has 2 aromatic rings. The van der Waals surface area contributed by atoms with Gasteiger partial charge in [-0.15, -0.1) is 11.3 Å². The normalized spacial score (nSPS) is 10.8. The molecule has 2 rings (SSSR count). The highest BCUT2D eigenvalue weighted by atomic mass is 32.2. The van der Waals surface area contributed by atoms with E-state index in [0.29, 0.717) is 12.4 Å². The third kappa shape index (κ3) is 4.11. The first-order valence-electron chi connectivity index (χ1n) is 6.07. The molecule has 0 unspecified atom stereocenters. The van der Waals surface area contributed by atoms with E-state index in [1.807, 2.05) is 18.2 Å². The molecule has 0 atom stereocenters. The minimum Gasteiger partial charge on any atom is -0.494 e. The van der Waals surface area contributed by atoms with Gasteiger partial charge in [-0.2, -0.15) is 0 Å². The molecule has 0 aliphatic heterocycles. The fourth-order valence-electron chi connectivity index (χ4n) is 1.48. The number of carboxylic acids is 1. The summed E-state index contributed by atoms with van der Waals surface area (Å²) in [7, 11) is 0. The van der Waals surface area contributed by atoms with E-state index in [1.54, 1.807) is 11.3 Å². The number of rotatable bonds is 7. The van der Waals surface area contributed by atoms with Crippen molar-refractivity contribution in [2.24, 2.45) is 0 Å². The summed E-state index contributed by atoms with van der Waals surface area (Å²) in [5.41, 5.74) is 0.937. The van der Waals surface area contributed by atoms with Crippen molar-refractivity contribution in [2.45, 2.75) is 24.1 Å². The Bertz CT molecular complexity index is 568. The first-order chi connectivity index (χ1) is 9.19. The first-order valence-corrected chi connectivity index (χ1v) is 7.87. The predicted octanol–water partition coefficient (Wildman–Crippen LogP) is 3.65. The lowest BCUT2D eigenvalue weighted by Crippen LogP contribution is -1.95. The molecule has 0 aliphatic rings. The van der Waals surface area contributed by atoms with Crippen LogP contribution in [-0.2, 0) is 4.79 Å². The van der Waals surface area contributed by atoms with E-state index in [1.165, 1.54) is 11.8 Å². The van der Waals surface area contributed by atoms with Crippen molar-refractivity contribution in [1.82, 2.24) is 4.98 Å². The summed E-state index contributed by atoms with van der Waals surface area (Å²) in [5.74, 6) is 0.637. The Labute approximate surface area is 119 Å². The van der Waals surface area contributed by atoms with Crippen molar-refractivity contribution in [1.29, 1.82) is 0 Å². The number of nitrogens with zero attached hydrogens (tertiary/aromatic N) is 1. The zero-order valence-electron chi connectivity index (χ0n) is 10.6. The number of thiazole rings is 1. The van der Waals surface area contributed by atoms with Crippen LogP contribution in [0, 0.1) is 0 Å². The summed E-state index contributed by atoms with van der Waals surface area (Å²) in [4.78, 5) is 14.9. The Morgan fingerprint density at radius 2 is 2.37 bits per heavy atom. The third-order valence-electron chi connectivity index (χ3n) is 2.35. The summed E-state index contributed by atoms with van der Waals surface area (Å²) >= 11 is 3.06. The van der Waals surface area contributed by atoms with E-state index >= 15 is 0 Å². The Kier molecular flexibility index (Phi) is 5.04. The van der Waals surface area contributed by atoms with Gasteiger partial charge in [0.1, 0.15) is 5.75 Å². The van der Waals surface area contributed by atoms with Crippen LogP contribution >= 0.6 is 23.1 Å². The quantitative estimate of drug-likeness (QED) is 0.790. The molecule has 1 N–H and O–H groups in total. The summed E-state index contributed by atoms with van der Waals surface area (Å²) in [6, 6.07) is 5.85. The highest BCUT2D eigenvalue weighted by Gasteiger charge is 2.07. The number of carboxylic acid groups (broad SMARTS) is 1. The molecular weight excluding hydrogens is 282 g/mol. The number of thioether (sulfide) groups is 1. The minimum absolute atomic E-state index is 0.158. The van der Waals surface area contributed by atoms with E-state index in [0.717, 1.165) is 26.7 Å². The topological polar surface area (TPSA) is 59.4 Å². The van der Waals surface area contributed by atoms with Gasteiger partial charge in [-0.05, 0) is 24.6 Å². The molecule has 0 bridgehead atoms. The molecule has 0 aliphatic carbocycles. The number of fused-ring (bicyclic) bond motifs is 1. The standard InChI is InChI=1S/C13H15NO3S2/c1-2-6-17-9-3-4-10-11(8-9)19-13(14-10)18-7-5-12(15)16/h3-4,8H,2,5-7H2,1H3,(H,15,16). The van der Waals surface area contributed by atoms with Crippen LogP contribution < -0.4 is 4.74 Å². The predicted molar refractivity (Wildman–Crippen MR) is 78.4 cm³/mol. The van der Waals surface area contributed by atoms with Gasteiger partial charge in [-0.3, -0.25) is 4.79 Å². The van der Waals surface area contributed by atoms with E-state index in [9.17, 15) is 4.79 Å². The van der Waals surface area contributed by atoms with Crippen LogP contribution in [0.4, 0.5) is 0 Å². The first kappa shape index (κ1) is 14.1. The Morgan fingerprint density at radius 1 is 1.53 bits per heavy atom. The average Bonchev–Trinajstić information content (AvgIpc) is 2.77. The lowest BCUT2D eigenvalue weighted by Gasteiger charge is -2.02. The maximum absolute atomic E-state index is 10.5. The second-order valence-corrected chi connectivity index (χ2v) is 6.32. The Hall–Kier alpha value is -1.27. The van der Waals surface area contributed by atoms with E-state index in [4.69, 9.17) is 9.84 Å². The summed E-state index contributed by atoms with van der Waals surface area (Å²) < 4.78 is 7.56. The van der Waals surface area contributed by atoms with Crippen molar-refractivity contribution in [3.05, 3.63) is 18.2 Å². The molecule has 0 fully saturated rings. The molecule has 6 heteroatoms. The molecule has 1 aromatic heterocycles. The van der Waals surface area contributed by atoms with Crippen LogP contribution in [0.3, 0.4) is 0 Å². The van der Waals surface area contributed by atoms with Crippen LogP contribution in [0.2, 0.25) is 0 Å². The van der Waals surface area contributed by atoms with Gasteiger partial charge >= 0.3 is 5.97 Å². The van der Waals surface area contributed by atoms with E-state index < -0.39 is 5.97 Å². The second-order valence-electron chi connectivity index (χ2n) is 3.95. The summed E-state index contributed by atoms with van der Waals surface area (Å²) in [5, 5.41) is 8.60. The van der Waals surface area contributed by atoms with Gasteiger partial charge in [0.25, 0.3) is 0 Å². The van der Waals surface area contributed by atoms with Crippen molar-refractivity contribution in [3.63, 3.8) is 0 Å². The monoisotopic (exact) mass is 297 g/mol. The van der Waals surface area contributed by atoms with Gasteiger partial charge in [0.15, 0.2) is 4.34 Å². The Morgan fingerprint density at radius 3 is 3.11 bits per heavy atom. The summed E-state index contributed by atoms with van der Waals surface area (Å²) in [6.45, 7) is 2.78. The number of aliphatic carboxylic acids is 1. The van der Waals surface area contributed by atoms with Gasteiger partial charge in [-0.1, -0.05) is 18.7 Å². The lowest BCUT2D eigenvalue weighted by atomic mass is 10.3. The van der Waals surface area contributed by atoms with Crippen LogP contribution in [0.1, 0.15) is 19.8 Å². The van der Waals surface area contributed by atoms with Gasteiger partial charge in [0.2, 0.25) is 0 Å². The van der Waals surface area contributed by atoms with Crippen LogP contribution in [0.25, 0.3) is 10.2 Å². The Balaban J connectivity index is 2.05. The molecular formula is C13H15NO3S2. The zero-order chi connectivity index (χ0) is 13.7. The molecule has 0 spiro atoms. The fraction of sp³-hybridized carbons (Fsp3) is 0.385. The molecule has 0 saturated carbocycles. The number of carbonyl (C=O) groups is 1. The van der Waals surface area contributed by atoms with Crippen LogP contribution in [-0.4, -0.2) is 28.4 Å². The molecule has 0 radical (unpaired) electrons. The third-order valence-corrected chi connectivity index (χ3v) is 4.52. The molecule has 102 valence electrons. The highest BCUT2D eigenvalue weighted by molar-refractivity contribution is 8.01. The maximum atomic E-state index is 10.5. The van der Waals surface area contributed by atoms with Crippen molar-refractivity contribution in [2.75, 3.05) is 12.4 Å². The number of aromatic nitrogens is 1. The molecule has 4 nitrogen and oxygen atoms in total. The molecule has 1 aromatic carbocycles. The van der Waals surface area contributed by atoms with Gasteiger partial charge in [0.05, 0.1) is 23.2 Å². The second kappa shape index (κ2) is 6.77. The fourth-order valence-corrected chi connectivity index (χ4v) is 3.58. The molecule has 0 saturated heterocycles. The average molecular weight is 297 g/mol. The number of hydrogen-bond donors (Lipinski definition) is 1. The maximum Gasteiger partial charge on any atom is 0.304 e. The van der Waals surface area contributed by atoms with Gasteiger partial charge < -0.3 is 9.84 Å². The highest BCUT2D eigenvalue weighted by Crippen LogP contribution is 2.32. The van der Waals surface area contributed by atoms with Crippen LogP contribution in [0.5, 0.6) is 5.75 Å². The largest absolute Gasteiger partial charge is 0.494 e. The number of hydrogen-bond acceptors (Lipinski definition) is 5. The lowest BCUT2D eigenvalue weighted by molar-refractivity contribution is -0.136. The van der Waals surface area contributed by atoms with Crippen molar-refractivity contribution < 1.29 is 14.6 Å². The SMILES string of the molecule is CCCOc1ccc2nc(SCCC(=O)O)sc2c1. The molecule has 1 heterocycles. The van der Waals surface area contributed by atoms with E-state index in [-0.39, 0.29) is 6.42 Å². The smallest absolute Gasteiger partial charge is 0.304 e. The van der Waals surface area contributed by atoms with Crippen molar-refractivity contribution >= 4 is 39.3 Å². The van der Waals surface area contributed by atoms with Gasteiger partial charge in [-0.25, -0.2) is 4.98 Å². The molecule has 0 amide bonds. The van der Waals surface area contributed by atoms with Gasteiger partial charge in [0, 0.05) is 5.75 Å². The van der Waals surface area contributed by atoms with Crippen molar-refractivity contribution in [3.8, 4) is 5.75 Å². The number of benzene rings is 1. The minimum atomic E-state index is -0.774. The molecule has 19 heavy (non-hydrogen) atoms. The number of ether oxygens (including phenoxy) is 1. The van der Waals surface area contributed by atoms with Crippen LogP contribution in [0.15, 0.2) is 22.5 Å².